The van der Waals surface area contributed by atoms with Crippen molar-refractivity contribution in [1.29, 1.82) is 0 Å². The zero-order valence-electron chi connectivity index (χ0n) is 9.93. The van der Waals surface area contributed by atoms with Gasteiger partial charge in [0.25, 0.3) is 0 Å². The first kappa shape index (κ1) is 10.1. The number of hydrogen-bond acceptors (Lipinski definition) is 2. The molecule has 4 bridgehead atoms. The molecule has 4 atom stereocenters. The van der Waals surface area contributed by atoms with E-state index in [4.69, 9.17) is 4.74 Å². The molecule has 2 unspecified atom stereocenters. The van der Waals surface area contributed by atoms with E-state index in [-0.39, 0.29) is 5.60 Å². The highest BCUT2D eigenvalue weighted by atomic mass is 16.6. The zero-order chi connectivity index (χ0) is 11.5. The fourth-order valence-corrected chi connectivity index (χ4v) is 4.52. The highest BCUT2D eigenvalue weighted by Crippen LogP contribution is 2.60. The summed E-state index contributed by atoms with van der Waals surface area (Å²) in [6, 6.07) is 10.5. The van der Waals surface area contributed by atoms with Gasteiger partial charge in [-0.15, -0.1) is 0 Å². The molecular weight excluding hydrogens is 212 g/mol. The van der Waals surface area contributed by atoms with Gasteiger partial charge in [-0.1, -0.05) is 30.3 Å². The van der Waals surface area contributed by atoms with Crippen LogP contribution in [0, 0.1) is 11.8 Å². The molecule has 2 heterocycles. The van der Waals surface area contributed by atoms with E-state index < -0.39 is 5.79 Å². The molecule has 0 spiro atoms. The molecule has 4 fully saturated rings. The molecular formula is C15H18O2. The lowest BCUT2D eigenvalue weighted by atomic mass is 9.59. The molecule has 2 aliphatic heterocycles. The van der Waals surface area contributed by atoms with Gasteiger partial charge in [0.2, 0.25) is 0 Å². The van der Waals surface area contributed by atoms with Gasteiger partial charge in [0, 0.05) is 12.8 Å². The van der Waals surface area contributed by atoms with Crippen molar-refractivity contribution in [2.45, 2.75) is 43.5 Å². The van der Waals surface area contributed by atoms with Crippen molar-refractivity contribution >= 4 is 0 Å². The van der Waals surface area contributed by atoms with Gasteiger partial charge >= 0.3 is 0 Å². The van der Waals surface area contributed by atoms with Crippen LogP contribution >= 0.6 is 0 Å². The molecule has 1 aromatic carbocycles. The predicted octanol–water partition coefficient (Wildman–Crippen LogP) is 2.81. The molecule has 90 valence electrons. The first-order chi connectivity index (χ1) is 8.18. The minimum Gasteiger partial charge on any atom is -0.365 e. The van der Waals surface area contributed by atoms with Gasteiger partial charge in [0.15, 0.2) is 5.79 Å². The van der Waals surface area contributed by atoms with Crippen molar-refractivity contribution in [2.24, 2.45) is 11.8 Å². The summed E-state index contributed by atoms with van der Waals surface area (Å²) in [6.45, 7) is 0. The van der Waals surface area contributed by atoms with E-state index >= 15 is 0 Å². The first-order valence-electron chi connectivity index (χ1n) is 6.66. The highest BCUT2D eigenvalue weighted by Gasteiger charge is 2.58. The first-order valence-corrected chi connectivity index (χ1v) is 6.66. The van der Waals surface area contributed by atoms with Crippen LogP contribution in [0.4, 0.5) is 0 Å². The Kier molecular flexibility index (Phi) is 1.85. The van der Waals surface area contributed by atoms with Crippen molar-refractivity contribution in [3.8, 4) is 0 Å². The Balaban J connectivity index is 1.79. The lowest BCUT2D eigenvalue weighted by Gasteiger charge is -2.60. The van der Waals surface area contributed by atoms with Crippen LogP contribution in [-0.2, 0) is 10.3 Å². The van der Waals surface area contributed by atoms with Crippen LogP contribution < -0.4 is 0 Å². The summed E-state index contributed by atoms with van der Waals surface area (Å²) in [5.41, 5.74) is 1.06. The Morgan fingerprint density at radius 3 is 2.24 bits per heavy atom. The Labute approximate surface area is 102 Å². The minimum absolute atomic E-state index is 0.194. The molecule has 4 aliphatic rings. The normalized spacial score (nSPS) is 47.4. The average molecular weight is 230 g/mol. The SMILES string of the molecule is OC12C[C@H]3C[C@@H](C1)CC(c1ccccc1)(C3)O2. The van der Waals surface area contributed by atoms with Crippen LogP contribution in [0.5, 0.6) is 0 Å². The van der Waals surface area contributed by atoms with Gasteiger partial charge in [-0.3, -0.25) is 0 Å². The summed E-state index contributed by atoms with van der Waals surface area (Å²) in [5, 5.41) is 10.5. The van der Waals surface area contributed by atoms with Crippen LogP contribution in [0.25, 0.3) is 0 Å². The number of hydrogen-bond donors (Lipinski definition) is 1. The lowest BCUT2D eigenvalue weighted by molar-refractivity contribution is -0.360. The average Bonchev–Trinajstić information content (AvgIpc) is 2.27. The van der Waals surface area contributed by atoms with E-state index in [1.807, 2.05) is 6.07 Å². The van der Waals surface area contributed by atoms with E-state index in [0.717, 1.165) is 25.7 Å². The number of ether oxygens (including phenoxy) is 1. The molecule has 2 nitrogen and oxygen atoms in total. The molecule has 1 aromatic rings. The summed E-state index contributed by atoms with van der Waals surface area (Å²) in [4.78, 5) is 0. The Bertz CT molecular complexity index is 425. The van der Waals surface area contributed by atoms with Gasteiger partial charge in [0.05, 0.1) is 5.60 Å². The molecule has 2 aliphatic carbocycles. The van der Waals surface area contributed by atoms with Gasteiger partial charge in [-0.25, -0.2) is 0 Å². The van der Waals surface area contributed by atoms with Crippen molar-refractivity contribution in [3.05, 3.63) is 35.9 Å². The summed E-state index contributed by atoms with van der Waals surface area (Å²) < 4.78 is 6.14. The van der Waals surface area contributed by atoms with Crippen molar-refractivity contribution in [2.75, 3.05) is 0 Å². The monoisotopic (exact) mass is 230 g/mol. The van der Waals surface area contributed by atoms with Crippen molar-refractivity contribution in [1.82, 2.24) is 0 Å². The van der Waals surface area contributed by atoms with Crippen LogP contribution in [0.15, 0.2) is 30.3 Å². The second kappa shape index (κ2) is 3.12. The fourth-order valence-electron chi connectivity index (χ4n) is 4.52. The quantitative estimate of drug-likeness (QED) is 0.804. The summed E-state index contributed by atoms with van der Waals surface area (Å²) >= 11 is 0. The van der Waals surface area contributed by atoms with E-state index in [2.05, 4.69) is 24.3 Å². The van der Waals surface area contributed by atoms with Crippen LogP contribution in [-0.4, -0.2) is 10.9 Å². The van der Waals surface area contributed by atoms with Crippen LogP contribution in [0.1, 0.15) is 37.7 Å². The molecule has 17 heavy (non-hydrogen) atoms. The van der Waals surface area contributed by atoms with E-state index in [1.54, 1.807) is 0 Å². The number of rotatable bonds is 1. The third-order valence-corrected chi connectivity index (χ3v) is 4.80. The van der Waals surface area contributed by atoms with Crippen LogP contribution in [0.3, 0.4) is 0 Å². The van der Waals surface area contributed by atoms with Gasteiger partial charge in [0.1, 0.15) is 0 Å². The molecule has 0 amide bonds. The number of benzene rings is 1. The summed E-state index contributed by atoms with van der Waals surface area (Å²) in [5.74, 6) is 0.475. The standard InChI is InChI=1S/C15H18O2/c16-15-9-11-6-12(10-15)8-14(7-11,17-15)13-4-2-1-3-5-13/h1-5,11-12,16H,6-10H2/t11-,12+,14?,15?. The maximum atomic E-state index is 10.5. The van der Waals surface area contributed by atoms with Gasteiger partial charge in [-0.2, -0.15) is 0 Å². The summed E-state index contributed by atoms with van der Waals surface area (Å²) in [7, 11) is 0. The molecule has 2 saturated carbocycles. The zero-order valence-corrected chi connectivity index (χ0v) is 9.93. The molecule has 1 N–H and O–H groups in total. The number of aliphatic hydroxyl groups is 1. The highest BCUT2D eigenvalue weighted by molar-refractivity contribution is 5.26. The second-order valence-corrected chi connectivity index (χ2v) is 6.19. The van der Waals surface area contributed by atoms with E-state index in [0.29, 0.717) is 11.8 Å². The van der Waals surface area contributed by atoms with Crippen molar-refractivity contribution < 1.29 is 9.84 Å². The lowest BCUT2D eigenvalue weighted by Crippen LogP contribution is -2.59. The molecule has 2 heteroatoms. The maximum Gasteiger partial charge on any atom is 0.167 e. The Hall–Kier alpha value is -0.860. The topological polar surface area (TPSA) is 29.5 Å². The fraction of sp³-hybridized carbons (Fsp3) is 0.600. The van der Waals surface area contributed by atoms with E-state index in [9.17, 15) is 5.11 Å². The predicted molar refractivity (Wildman–Crippen MR) is 64.2 cm³/mol. The van der Waals surface area contributed by atoms with Gasteiger partial charge in [-0.05, 0) is 36.7 Å². The third-order valence-electron chi connectivity index (χ3n) is 4.80. The largest absolute Gasteiger partial charge is 0.365 e. The molecule has 0 radical (unpaired) electrons. The van der Waals surface area contributed by atoms with E-state index in [1.165, 1.54) is 12.0 Å². The molecule has 0 aromatic heterocycles. The third kappa shape index (κ3) is 1.40. The minimum atomic E-state index is -0.833. The molecule has 2 saturated heterocycles. The maximum absolute atomic E-state index is 10.5. The van der Waals surface area contributed by atoms with Crippen molar-refractivity contribution in [3.63, 3.8) is 0 Å². The Morgan fingerprint density at radius 1 is 1.00 bits per heavy atom. The smallest absolute Gasteiger partial charge is 0.167 e. The van der Waals surface area contributed by atoms with Gasteiger partial charge < -0.3 is 9.84 Å². The van der Waals surface area contributed by atoms with Crippen LogP contribution in [0.2, 0.25) is 0 Å². The summed E-state index contributed by atoms with van der Waals surface area (Å²) in [6.07, 6.45) is 5.17. The Morgan fingerprint density at radius 2 is 1.65 bits per heavy atom. The molecule has 5 rings (SSSR count). The second-order valence-electron chi connectivity index (χ2n) is 6.19.